The second-order valence-corrected chi connectivity index (χ2v) is 6.16. The van der Waals surface area contributed by atoms with Crippen LogP contribution in [-0.4, -0.2) is 64.1 Å². The number of nitrogens with zero attached hydrogens (tertiary/aromatic N) is 6. The Bertz CT molecular complexity index is 858. The number of piperazine rings is 1. The summed E-state index contributed by atoms with van der Waals surface area (Å²) in [4.78, 5) is 35.5. The first kappa shape index (κ1) is 18.4. The van der Waals surface area contributed by atoms with Crippen molar-refractivity contribution in [2.24, 2.45) is 17.8 Å². The number of pyridine rings is 1. The number of aromatic nitrogens is 3. The summed E-state index contributed by atoms with van der Waals surface area (Å²) in [5.41, 5.74) is 7.08. The van der Waals surface area contributed by atoms with Crippen LogP contribution in [0.25, 0.3) is 0 Å². The van der Waals surface area contributed by atoms with Gasteiger partial charge in [-0.05, 0) is 11.6 Å². The summed E-state index contributed by atoms with van der Waals surface area (Å²) in [5.74, 6) is 0.0631. The zero-order valence-corrected chi connectivity index (χ0v) is 15.3. The summed E-state index contributed by atoms with van der Waals surface area (Å²) < 4.78 is 1.67. The second kappa shape index (κ2) is 7.85. The van der Waals surface area contributed by atoms with Crippen LogP contribution in [0, 0.1) is 0 Å². The van der Waals surface area contributed by atoms with E-state index < -0.39 is 5.91 Å². The number of rotatable bonds is 4. The third-order valence-corrected chi connectivity index (χ3v) is 4.26. The molecule has 2 amide bonds. The maximum atomic E-state index is 12.5. The first-order valence-electron chi connectivity index (χ1n) is 8.47. The summed E-state index contributed by atoms with van der Waals surface area (Å²) >= 11 is 0. The number of carbonyl (C=O) groups is 2. The van der Waals surface area contributed by atoms with Gasteiger partial charge in [0.1, 0.15) is 12.2 Å². The minimum Gasteiger partial charge on any atom is -0.364 e. The third-order valence-electron chi connectivity index (χ3n) is 4.26. The molecule has 0 saturated carbocycles. The zero-order valence-electron chi connectivity index (χ0n) is 15.3. The fourth-order valence-electron chi connectivity index (χ4n) is 2.86. The van der Waals surface area contributed by atoms with Crippen LogP contribution < -0.4 is 16.0 Å². The van der Waals surface area contributed by atoms with Crippen molar-refractivity contribution in [3.63, 3.8) is 0 Å². The maximum Gasteiger partial charge on any atom is 0.267 e. The van der Waals surface area contributed by atoms with Gasteiger partial charge in [0.15, 0.2) is 5.96 Å². The van der Waals surface area contributed by atoms with E-state index in [2.05, 4.69) is 20.4 Å². The van der Waals surface area contributed by atoms with Gasteiger partial charge in [-0.2, -0.15) is 5.10 Å². The number of hydrogen-bond donors (Lipinski definition) is 2. The van der Waals surface area contributed by atoms with Gasteiger partial charge in [0, 0.05) is 46.1 Å². The fraction of sp³-hybridized carbons (Fsp3) is 0.353. The van der Waals surface area contributed by atoms with E-state index in [-0.39, 0.29) is 18.1 Å². The molecular formula is C17H22N8O2. The van der Waals surface area contributed by atoms with Gasteiger partial charge in [0.25, 0.3) is 5.91 Å². The number of aryl methyl sites for hydroxylation is 1. The van der Waals surface area contributed by atoms with Crippen molar-refractivity contribution in [2.45, 2.75) is 6.54 Å². The molecule has 0 radical (unpaired) electrons. The average Bonchev–Trinajstić information content (AvgIpc) is 3.09. The predicted octanol–water partition coefficient (Wildman–Crippen LogP) is -0.662. The molecule has 27 heavy (non-hydrogen) atoms. The normalized spacial score (nSPS) is 15.2. The number of anilines is 1. The molecule has 3 rings (SSSR count). The van der Waals surface area contributed by atoms with Crippen molar-refractivity contribution in [2.75, 3.05) is 31.6 Å². The lowest BCUT2D eigenvalue weighted by Gasteiger charge is -2.35. The highest BCUT2D eigenvalue weighted by atomic mass is 16.2. The van der Waals surface area contributed by atoms with Gasteiger partial charge >= 0.3 is 0 Å². The number of guanidine groups is 1. The minimum atomic E-state index is -0.560. The molecule has 0 aromatic carbocycles. The molecule has 0 atom stereocenters. The molecule has 142 valence electrons. The van der Waals surface area contributed by atoms with Gasteiger partial charge in [0.2, 0.25) is 5.91 Å². The van der Waals surface area contributed by atoms with Crippen molar-refractivity contribution in [1.29, 1.82) is 0 Å². The van der Waals surface area contributed by atoms with Gasteiger partial charge in [-0.1, -0.05) is 6.07 Å². The van der Waals surface area contributed by atoms with E-state index in [9.17, 15) is 9.59 Å². The molecule has 1 fully saturated rings. The Balaban J connectivity index is 1.58. The first-order valence-corrected chi connectivity index (χ1v) is 8.47. The molecule has 0 bridgehead atoms. The maximum absolute atomic E-state index is 12.5. The largest absolute Gasteiger partial charge is 0.364 e. The third kappa shape index (κ3) is 4.22. The number of nitrogens with one attached hydrogen (secondary N) is 1. The number of carbonyl (C=O) groups excluding carboxylic acids is 2. The minimum absolute atomic E-state index is 0.00956. The quantitative estimate of drug-likeness (QED) is 0.544. The van der Waals surface area contributed by atoms with Crippen molar-refractivity contribution in [3.8, 4) is 0 Å². The van der Waals surface area contributed by atoms with Gasteiger partial charge < -0.3 is 20.9 Å². The summed E-state index contributed by atoms with van der Waals surface area (Å²) in [6.45, 7) is 1.91. The molecule has 3 N–H and O–H groups in total. The molecule has 2 aromatic heterocycles. The molecule has 0 unspecified atom stereocenters. The van der Waals surface area contributed by atoms with Gasteiger partial charge in [-0.25, -0.2) is 0 Å². The van der Waals surface area contributed by atoms with Crippen LogP contribution in [0.15, 0.2) is 35.7 Å². The summed E-state index contributed by atoms with van der Waals surface area (Å²) in [6, 6.07) is 3.36. The first-order chi connectivity index (χ1) is 13.0. The lowest BCUT2D eigenvalue weighted by Crippen LogP contribution is -2.55. The van der Waals surface area contributed by atoms with E-state index >= 15 is 0 Å². The molecule has 1 saturated heterocycles. The molecule has 0 aliphatic carbocycles. The van der Waals surface area contributed by atoms with Crippen molar-refractivity contribution >= 4 is 23.5 Å². The standard InChI is InChI=1S/C17H22N8O2/c1-19-17(21-8-12-3-4-14(16(18)27)20-7-12)24-5-6-25(15(26)11-24)13-9-22-23(2)10-13/h3-4,7,9-10H,5-6,8,11H2,1-2H3,(H2,18,27)(H,19,21). The Morgan fingerprint density at radius 3 is 2.70 bits per heavy atom. The number of hydrogen-bond acceptors (Lipinski definition) is 5. The van der Waals surface area contributed by atoms with E-state index in [0.717, 1.165) is 11.3 Å². The van der Waals surface area contributed by atoms with Crippen LogP contribution >= 0.6 is 0 Å². The van der Waals surface area contributed by atoms with Crippen LogP contribution in [0.5, 0.6) is 0 Å². The lowest BCUT2D eigenvalue weighted by molar-refractivity contribution is -0.120. The number of primary amides is 1. The summed E-state index contributed by atoms with van der Waals surface area (Å²) in [7, 11) is 3.50. The number of nitrogens with two attached hydrogens (primary N) is 1. The average molecular weight is 370 g/mol. The van der Waals surface area contributed by atoms with E-state index in [1.54, 1.807) is 41.2 Å². The lowest BCUT2D eigenvalue weighted by atomic mass is 10.2. The second-order valence-electron chi connectivity index (χ2n) is 6.16. The Kier molecular flexibility index (Phi) is 5.34. The molecule has 3 heterocycles. The van der Waals surface area contributed by atoms with Gasteiger partial charge in [0.05, 0.1) is 11.9 Å². The highest BCUT2D eigenvalue weighted by Crippen LogP contribution is 2.16. The molecule has 1 aliphatic rings. The SMILES string of the molecule is CN=C(NCc1ccc(C(N)=O)nc1)N1CCN(c2cnn(C)c2)C(=O)C1. The van der Waals surface area contributed by atoms with E-state index in [4.69, 9.17) is 5.73 Å². The molecule has 10 nitrogen and oxygen atoms in total. The zero-order chi connectivity index (χ0) is 19.4. The van der Waals surface area contributed by atoms with Crippen LogP contribution in [0.4, 0.5) is 5.69 Å². The summed E-state index contributed by atoms with van der Waals surface area (Å²) in [6.07, 6.45) is 5.10. The van der Waals surface area contributed by atoms with E-state index in [0.29, 0.717) is 25.6 Å². The van der Waals surface area contributed by atoms with E-state index in [1.165, 1.54) is 0 Å². The number of aliphatic imine (C=N–C) groups is 1. The predicted molar refractivity (Wildman–Crippen MR) is 100 cm³/mol. The topological polar surface area (TPSA) is 122 Å². The molecule has 1 aliphatic heterocycles. The Morgan fingerprint density at radius 1 is 1.33 bits per heavy atom. The molecule has 0 spiro atoms. The van der Waals surface area contributed by atoms with E-state index in [1.807, 2.05) is 18.1 Å². The molecule has 2 aromatic rings. The summed E-state index contributed by atoms with van der Waals surface area (Å²) in [5, 5.41) is 7.33. The van der Waals surface area contributed by atoms with Crippen molar-refractivity contribution in [1.82, 2.24) is 25.0 Å². The van der Waals surface area contributed by atoms with Crippen molar-refractivity contribution < 1.29 is 9.59 Å². The van der Waals surface area contributed by atoms with Gasteiger partial charge in [-0.15, -0.1) is 0 Å². The van der Waals surface area contributed by atoms with Crippen molar-refractivity contribution in [3.05, 3.63) is 42.0 Å². The van der Waals surface area contributed by atoms with Crippen LogP contribution in [0.2, 0.25) is 0 Å². The monoisotopic (exact) mass is 370 g/mol. The number of amides is 2. The highest BCUT2D eigenvalue weighted by molar-refractivity contribution is 5.98. The molecule has 10 heteroatoms. The Labute approximate surface area is 156 Å². The Morgan fingerprint density at radius 2 is 2.15 bits per heavy atom. The van der Waals surface area contributed by atoms with Crippen LogP contribution in [-0.2, 0) is 18.4 Å². The van der Waals surface area contributed by atoms with Crippen LogP contribution in [0.3, 0.4) is 0 Å². The van der Waals surface area contributed by atoms with Gasteiger partial charge in [-0.3, -0.25) is 24.2 Å². The fourth-order valence-corrected chi connectivity index (χ4v) is 2.86. The molecular weight excluding hydrogens is 348 g/mol. The highest BCUT2D eigenvalue weighted by Gasteiger charge is 2.27. The van der Waals surface area contributed by atoms with Crippen LogP contribution in [0.1, 0.15) is 16.1 Å². The Hall–Kier alpha value is -3.43. The smallest absolute Gasteiger partial charge is 0.267 e.